The van der Waals surface area contributed by atoms with Gasteiger partial charge in [-0.15, -0.1) is 10.2 Å². The van der Waals surface area contributed by atoms with Crippen LogP contribution in [-0.4, -0.2) is 47.2 Å². The molecule has 0 N–H and O–H groups in total. The Hall–Kier alpha value is -2.43. The van der Waals surface area contributed by atoms with E-state index >= 15 is 0 Å². The number of hydrogen-bond donors (Lipinski definition) is 0. The molecule has 2 heterocycles. The molecule has 2 fully saturated rings. The predicted octanol–water partition coefficient (Wildman–Crippen LogP) is 4.07. The van der Waals surface area contributed by atoms with Crippen LogP contribution in [0.4, 0.5) is 5.82 Å². The van der Waals surface area contributed by atoms with Gasteiger partial charge in [-0.05, 0) is 43.4 Å². The van der Waals surface area contributed by atoms with E-state index in [1.807, 2.05) is 29.2 Å². The molecule has 1 aliphatic carbocycles. The Morgan fingerprint density at radius 2 is 1.71 bits per heavy atom. The number of benzene rings is 1. The third-order valence-corrected chi connectivity index (χ3v) is 6.22. The van der Waals surface area contributed by atoms with Gasteiger partial charge in [0.1, 0.15) is 0 Å². The fourth-order valence-electron chi connectivity index (χ4n) is 4.45. The summed E-state index contributed by atoms with van der Waals surface area (Å²) in [5.74, 6) is 1.85. The van der Waals surface area contributed by atoms with Crippen LogP contribution in [0.5, 0.6) is 0 Å². The maximum Gasteiger partial charge on any atom is 0.222 e. The highest BCUT2D eigenvalue weighted by molar-refractivity contribution is 5.76. The lowest BCUT2D eigenvalue weighted by atomic mass is 9.86. The van der Waals surface area contributed by atoms with E-state index in [1.54, 1.807) is 0 Å². The molecule has 0 atom stereocenters. The Kier molecular flexibility index (Phi) is 5.89. The number of rotatable bonds is 4. The van der Waals surface area contributed by atoms with Crippen molar-refractivity contribution in [3.63, 3.8) is 0 Å². The lowest BCUT2D eigenvalue weighted by Crippen LogP contribution is -2.49. The normalized spacial score (nSPS) is 18.3. The number of anilines is 1. The smallest absolute Gasteiger partial charge is 0.222 e. The molecular formula is C23H30N4O. The number of hydrogen-bond acceptors (Lipinski definition) is 4. The van der Waals surface area contributed by atoms with Crippen LogP contribution in [0.25, 0.3) is 11.3 Å². The second-order valence-corrected chi connectivity index (χ2v) is 8.17. The van der Waals surface area contributed by atoms with E-state index in [-0.39, 0.29) is 0 Å². The van der Waals surface area contributed by atoms with Crippen molar-refractivity contribution in [1.29, 1.82) is 0 Å². The Morgan fingerprint density at radius 3 is 2.39 bits per heavy atom. The van der Waals surface area contributed by atoms with Crippen molar-refractivity contribution in [3.05, 3.63) is 42.0 Å². The molecule has 2 aromatic rings. The molecule has 4 rings (SSSR count). The van der Waals surface area contributed by atoms with Crippen LogP contribution in [0.15, 0.2) is 36.4 Å². The summed E-state index contributed by atoms with van der Waals surface area (Å²) in [6, 6.07) is 12.3. The SMILES string of the molecule is Cc1ccccc1-c1ccc(N2CCN(C(=O)CC3CCCCC3)CC2)nn1. The summed E-state index contributed by atoms with van der Waals surface area (Å²) < 4.78 is 0. The lowest BCUT2D eigenvalue weighted by molar-refractivity contribution is -0.132. The van der Waals surface area contributed by atoms with E-state index < -0.39 is 0 Å². The largest absolute Gasteiger partial charge is 0.352 e. The van der Waals surface area contributed by atoms with Gasteiger partial charge < -0.3 is 9.80 Å². The zero-order chi connectivity index (χ0) is 19.3. The Bertz CT molecular complexity index is 791. The molecule has 5 heteroatoms. The molecule has 148 valence electrons. The summed E-state index contributed by atoms with van der Waals surface area (Å²) in [6.07, 6.45) is 7.13. The first-order chi connectivity index (χ1) is 13.7. The Labute approximate surface area is 167 Å². The fraction of sp³-hybridized carbons (Fsp3) is 0.522. The first-order valence-corrected chi connectivity index (χ1v) is 10.6. The van der Waals surface area contributed by atoms with Gasteiger partial charge in [-0.25, -0.2) is 0 Å². The van der Waals surface area contributed by atoms with Crippen LogP contribution >= 0.6 is 0 Å². The highest BCUT2D eigenvalue weighted by atomic mass is 16.2. The van der Waals surface area contributed by atoms with Crippen molar-refractivity contribution in [3.8, 4) is 11.3 Å². The molecule has 1 aliphatic heterocycles. The van der Waals surface area contributed by atoms with E-state index in [0.29, 0.717) is 11.8 Å². The zero-order valence-corrected chi connectivity index (χ0v) is 16.8. The number of amides is 1. The predicted molar refractivity (Wildman–Crippen MR) is 112 cm³/mol. The molecule has 1 aromatic heterocycles. The number of aryl methyl sites for hydroxylation is 1. The van der Waals surface area contributed by atoms with Crippen LogP contribution in [0.1, 0.15) is 44.1 Å². The summed E-state index contributed by atoms with van der Waals surface area (Å²) in [5.41, 5.74) is 3.23. The zero-order valence-electron chi connectivity index (χ0n) is 16.8. The maximum absolute atomic E-state index is 12.6. The van der Waals surface area contributed by atoms with Gasteiger partial charge in [-0.2, -0.15) is 0 Å². The first kappa shape index (κ1) is 18.9. The number of carbonyl (C=O) groups is 1. The average molecular weight is 379 g/mol. The van der Waals surface area contributed by atoms with E-state index in [0.717, 1.165) is 49.7 Å². The summed E-state index contributed by atoms with van der Waals surface area (Å²) in [6.45, 7) is 5.32. The quantitative estimate of drug-likeness (QED) is 0.805. The van der Waals surface area contributed by atoms with Crippen molar-refractivity contribution in [1.82, 2.24) is 15.1 Å². The molecule has 1 aromatic carbocycles. The highest BCUT2D eigenvalue weighted by Crippen LogP contribution is 2.27. The summed E-state index contributed by atoms with van der Waals surface area (Å²) in [4.78, 5) is 16.9. The molecule has 28 heavy (non-hydrogen) atoms. The van der Waals surface area contributed by atoms with Crippen molar-refractivity contribution in [2.24, 2.45) is 5.92 Å². The van der Waals surface area contributed by atoms with Crippen molar-refractivity contribution < 1.29 is 4.79 Å². The van der Waals surface area contributed by atoms with E-state index in [1.165, 1.54) is 37.7 Å². The number of nitrogens with zero attached hydrogens (tertiary/aromatic N) is 4. The second kappa shape index (κ2) is 8.72. The molecule has 1 saturated heterocycles. The van der Waals surface area contributed by atoms with Gasteiger partial charge in [-0.1, -0.05) is 43.5 Å². The highest BCUT2D eigenvalue weighted by Gasteiger charge is 2.25. The van der Waals surface area contributed by atoms with Gasteiger partial charge in [0, 0.05) is 38.2 Å². The third-order valence-electron chi connectivity index (χ3n) is 6.22. The van der Waals surface area contributed by atoms with Gasteiger partial charge in [0.05, 0.1) is 5.69 Å². The molecule has 0 radical (unpaired) electrons. The van der Waals surface area contributed by atoms with E-state index in [2.05, 4.69) is 34.2 Å². The second-order valence-electron chi connectivity index (χ2n) is 8.17. The molecule has 1 saturated carbocycles. The minimum absolute atomic E-state index is 0.340. The van der Waals surface area contributed by atoms with Gasteiger partial charge in [0.15, 0.2) is 5.82 Å². The monoisotopic (exact) mass is 378 g/mol. The van der Waals surface area contributed by atoms with Gasteiger partial charge in [-0.3, -0.25) is 4.79 Å². The minimum atomic E-state index is 0.340. The number of piperazine rings is 1. The summed E-state index contributed by atoms with van der Waals surface area (Å²) >= 11 is 0. The van der Waals surface area contributed by atoms with Crippen molar-refractivity contribution >= 4 is 11.7 Å². The average Bonchev–Trinajstić information content (AvgIpc) is 2.75. The van der Waals surface area contributed by atoms with Crippen LogP contribution in [0.3, 0.4) is 0 Å². The standard InChI is InChI=1S/C23H30N4O/c1-18-7-5-6-10-20(18)21-11-12-22(25-24-21)26-13-15-27(16-14-26)23(28)17-19-8-3-2-4-9-19/h5-7,10-12,19H,2-4,8-9,13-17H2,1H3. The first-order valence-electron chi connectivity index (χ1n) is 10.6. The molecule has 1 amide bonds. The van der Waals surface area contributed by atoms with Crippen LogP contribution in [-0.2, 0) is 4.79 Å². The summed E-state index contributed by atoms with van der Waals surface area (Å²) in [7, 11) is 0. The lowest BCUT2D eigenvalue weighted by Gasteiger charge is -2.36. The maximum atomic E-state index is 12.6. The Morgan fingerprint density at radius 1 is 0.964 bits per heavy atom. The van der Waals surface area contributed by atoms with Gasteiger partial charge in [0.25, 0.3) is 0 Å². The molecule has 0 spiro atoms. The van der Waals surface area contributed by atoms with E-state index in [9.17, 15) is 4.79 Å². The number of aromatic nitrogens is 2. The molecule has 0 unspecified atom stereocenters. The van der Waals surface area contributed by atoms with Crippen molar-refractivity contribution in [2.45, 2.75) is 45.4 Å². The Balaban J connectivity index is 1.32. The fourth-order valence-corrected chi connectivity index (χ4v) is 4.45. The molecule has 2 aliphatic rings. The molecule has 0 bridgehead atoms. The third kappa shape index (κ3) is 4.34. The van der Waals surface area contributed by atoms with Crippen LogP contribution in [0.2, 0.25) is 0 Å². The van der Waals surface area contributed by atoms with E-state index in [4.69, 9.17) is 0 Å². The number of carbonyl (C=O) groups excluding carboxylic acids is 1. The van der Waals surface area contributed by atoms with Gasteiger partial charge >= 0.3 is 0 Å². The molecular weight excluding hydrogens is 348 g/mol. The van der Waals surface area contributed by atoms with Gasteiger partial charge in [0.2, 0.25) is 5.91 Å². The summed E-state index contributed by atoms with van der Waals surface area (Å²) in [5, 5.41) is 8.90. The topological polar surface area (TPSA) is 49.3 Å². The molecule has 5 nitrogen and oxygen atoms in total. The van der Waals surface area contributed by atoms with Crippen LogP contribution in [0, 0.1) is 12.8 Å². The van der Waals surface area contributed by atoms with Crippen LogP contribution < -0.4 is 4.90 Å². The minimum Gasteiger partial charge on any atom is -0.352 e. The van der Waals surface area contributed by atoms with Crippen molar-refractivity contribution in [2.75, 3.05) is 31.1 Å².